The van der Waals surface area contributed by atoms with Crippen LogP contribution in [0.5, 0.6) is 0 Å². The van der Waals surface area contributed by atoms with Crippen molar-refractivity contribution in [3.63, 3.8) is 0 Å². The highest BCUT2D eigenvalue weighted by molar-refractivity contribution is 4.78. The maximum absolute atomic E-state index is 6.33. The molecule has 160 valence electrons. The summed E-state index contributed by atoms with van der Waals surface area (Å²) < 4.78 is 17.4. The SMILES string of the molecule is CN(C)CCC(COCC(CCN(C)C)N1CCOCC1)N1CCOCC1. The zero-order chi connectivity index (χ0) is 19.5. The van der Waals surface area contributed by atoms with Crippen molar-refractivity contribution in [1.82, 2.24) is 19.6 Å². The van der Waals surface area contributed by atoms with Gasteiger partial charge in [-0.2, -0.15) is 0 Å². The van der Waals surface area contributed by atoms with Crippen molar-refractivity contribution in [3.8, 4) is 0 Å². The third-order valence-corrected chi connectivity index (χ3v) is 5.56. The molecule has 2 fully saturated rings. The van der Waals surface area contributed by atoms with Crippen LogP contribution in [-0.2, 0) is 14.2 Å². The van der Waals surface area contributed by atoms with Crippen LogP contribution in [0.1, 0.15) is 12.8 Å². The quantitative estimate of drug-likeness (QED) is 0.478. The Kier molecular flexibility index (Phi) is 11.1. The monoisotopic (exact) mass is 386 g/mol. The van der Waals surface area contributed by atoms with Crippen LogP contribution in [-0.4, -0.2) is 139 Å². The van der Waals surface area contributed by atoms with E-state index in [1.54, 1.807) is 0 Å². The molecule has 2 aliphatic heterocycles. The maximum atomic E-state index is 6.33. The van der Waals surface area contributed by atoms with Gasteiger partial charge < -0.3 is 24.0 Å². The van der Waals surface area contributed by atoms with Gasteiger partial charge in [0.15, 0.2) is 0 Å². The molecule has 2 heterocycles. The lowest BCUT2D eigenvalue weighted by Crippen LogP contribution is -2.49. The van der Waals surface area contributed by atoms with Gasteiger partial charge in [0.05, 0.1) is 39.6 Å². The molecule has 0 radical (unpaired) electrons. The fraction of sp³-hybridized carbons (Fsp3) is 1.00. The molecule has 27 heavy (non-hydrogen) atoms. The third-order valence-electron chi connectivity index (χ3n) is 5.56. The molecule has 2 aliphatic rings. The summed E-state index contributed by atoms with van der Waals surface area (Å²) >= 11 is 0. The molecule has 0 bridgehead atoms. The third kappa shape index (κ3) is 9.17. The van der Waals surface area contributed by atoms with Crippen LogP contribution < -0.4 is 0 Å². The van der Waals surface area contributed by atoms with Crippen molar-refractivity contribution >= 4 is 0 Å². The first-order valence-electron chi connectivity index (χ1n) is 10.6. The van der Waals surface area contributed by atoms with Gasteiger partial charge in [-0.1, -0.05) is 0 Å². The Hall–Kier alpha value is -0.280. The molecule has 0 aromatic carbocycles. The molecule has 0 N–H and O–H groups in total. The number of rotatable bonds is 12. The average molecular weight is 387 g/mol. The number of nitrogens with zero attached hydrogens (tertiary/aromatic N) is 4. The van der Waals surface area contributed by atoms with E-state index in [1.165, 1.54) is 0 Å². The van der Waals surface area contributed by atoms with Crippen LogP contribution in [0.2, 0.25) is 0 Å². The number of morpholine rings is 2. The van der Waals surface area contributed by atoms with Gasteiger partial charge in [-0.3, -0.25) is 9.80 Å². The summed E-state index contributed by atoms with van der Waals surface area (Å²) in [7, 11) is 8.58. The summed E-state index contributed by atoms with van der Waals surface area (Å²) in [5, 5.41) is 0. The van der Waals surface area contributed by atoms with E-state index in [0.717, 1.165) is 91.8 Å². The van der Waals surface area contributed by atoms with E-state index >= 15 is 0 Å². The highest BCUT2D eigenvalue weighted by Crippen LogP contribution is 2.12. The van der Waals surface area contributed by atoms with Crippen molar-refractivity contribution in [2.75, 3.05) is 107 Å². The van der Waals surface area contributed by atoms with Gasteiger partial charge in [0.2, 0.25) is 0 Å². The largest absolute Gasteiger partial charge is 0.379 e. The summed E-state index contributed by atoms with van der Waals surface area (Å²) in [6.45, 7) is 11.3. The van der Waals surface area contributed by atoms with Gasteiger partial charge in [0.1, 0.15) is 0 Å². The van der Waals surface area contributed by atoms with Gasteiger partial charge in [0.25, 0.3) is 0 Å². The second-order valence-corrected chi connectivity index (χ2v) is 8.33. The summed E-state index contributed by atoms with van der Waals surface area (Å²) in [5.74, 6) is 0. The van der Waals surface area contributed by atoms with Gasteiger partial charge >= 0.3 is 0 Å². The second kappa shape index (κ2) is 13.0. The molecule has 7 nitrogen and oxygen atoms in total. The average Bonchev–Trinajstić information content (AvgIpc) is 2.68. The molecule has 0 aliphatic carbocycles. The van der Waals surface area contributed by atoms with E-state index in [-0.39, 0.29) is 0 Å². The standard InChI is InChI=1S/C20H42N4O3/c1-21(2)7-5-19(23-9-13-25-14-10-23)17-27-18-20(6-8-22(3)4)24-11-15-26-16-12-24/h19-20H,5-18H2,1-4H3. The summed E-state index contributed by atoms with van der Waals surface area (Å²) in [4.78, 5) is 9.63. The fourth-order valence-electron chi connectivity index (χ4n) is 3.78. The molecule has 0 aromatic rings. The summed E-state index contributed by atoms with van der Waals surface area (Å²) in [6, 6.07) is 0.964. The Bertz CT molecular complexity index is 338. The maximum Gasteiger partial charge on any atom is 0.0623 e. The number of hydrogen-bond acceptors (Lipinski definition) is 7. The van der Waals surface area contributed by atoms with Crippen molar-refractivity contribution in [3.05, 3.63) is 0 Å². The topological polar surface area (TPSA) is 40.7 Å². The minimum absolute atomic E-state index is 0.482. The van der Waals surface area contributed by atoms with Gasteiger partial charge in [-0.15, -0.1) is 0 Å². The van der Waals surface area contributed by atoms with Crippen LogP contribution in [0.4, 0.5) is 0 Å². The van der Waals surface area contributed by atoms with Crippen LogP contribution in [0.25, 0.3) is 0 Å². The molecule has 0 aromatic heterocycles. The van der Waals surface area contributed by atoms with Crippen LogP contribution in [0.15, 0.2) is 0 Å². The van der Waals surface area contributed by atoms with Crippen LogP contribution >= 0.6 is 0 Å². The highest BCUT2D eigenvalue weighted by Gasteiger charge is 2.24. The Balaban J connectivity index is 1.83. The molecule has 2 saturated heterocycles. The molecule has 0 spiro atoms. The Morgan fingerprint density at radius 2 is 1.07 bits per heavy atom. The predicted molar refractivity (Wildman–Crippen MR) is 110 cm³/mol. The Labute approximate surface area is 166 Å². The van der Waals surface area contributed by atoms with E-state index in [4.69, 9.17) is 14.2 Å². The molecule has 2 atom stereocenters. The summed E-state index contributed by atoms with van der Waals surface area (Å²) in [5.41, 5.74) is 0. The summed E-state index contributed by atoms with van der Waals surface area (Å²) in [6.07, 6.45) is 2.29. The second-order valence-electron chi connectivity index (χ2n) is 8.33. The predicted octanol–water partition coefficient (Wildman–Crippen LogP) is 0.308. The smallest absolute Gasteiger partial charge is 0.0623 e. The van der Waals surface area contributed by atoms with E-state index in [2.05, 4.69) is 47.8 Å². The minimum Gasteiger partial charge on any atom is -0.379 e. The zero-order valence-corrected chi connectivity index (χ0v) is 18.1. The first-order chi connectivity index (χ1) is 13.1. The first kappa shape index (κ1) is 23.0. The van der Waals surface area contributed by atoms with E-state index < -0.39 is 0 Å². The lowest BCUT2D eigenvalue weighted by Gasteiger charge is -2.37. The van der Waals surface area contributed by atoms with E-state index in [0.29, 0.717) is 12.1 Å². The van der Waals surface area contributed by atoms with Crippen LogP contribution in [0, 0.1) is 0 Å². The first-order valence-corrected chi connectivity index (χ1v) is 10.6. The molecule has 2 rings (SSSR count). The van der Waals surface area contributed by atoms with Gasteiger partial charge in [-0.05, 0) is 54.1 Å². The van der Waals surface area contributed by atoms with Gasteiger partial charge in [0, 0.05) is 38.3 Å². The molecular weight excluding hydrogens is 344 g/mol. The molecule has 2 unspecified atom stereocenters. The lowest BCUT2D eigenvalue weighted by molar-refractivity contribution is -0.0391. The molecule has 0 saturated carbocycles. The van der Waals surface area contributed by atoms with Crippen LogP contribution in [0.3, 0.4) is 0 Å². The van der Waals surface area contributed by atoms with Crippen molar-refractivity contribution in [2.45, 2.75) is 24.9 Å². The number of ether oxygens (including phenoxy) is 3. The normalized spacial score (nSPS) is 22.4. The number of hydrogen-bond donors (Lipinski definition) is 0. The molecule has 7 heteroatoms. The van der Waals surface area contributed by atoms with Gasteiger partial charge in [-0.25, -0.2) is 0 Å². The minimum atomic E-state index is 0.482. The zero-order valence-electron chi connectivity index (χ0n) is 18.1. The lowest BCUT2D eigenvalue weighted by atomic mass is 10.1. The molecular formula is C20H42N4O3. The fourth-order valence-corrected chi connectivity index (χ4v) is 3.78. The van der Waals surface area contributed by atoms with Crippen molar-refractivity contribution in [1.29, 1.82) is 0 Å². The Morgan fingerprint density at radius 1 is 0.704 bits per heavy atom. The molecule has 0 amide bonds. The van der Waals surface area contributed by atoms with Crippen molar-refractivity contribution < 1.29 is 14.2 Å². The Morgan fingerprint density at radius 3 is 1.41 bits per heavy atom. The van der Waals surface area contributed by atoms with Crippen molar-refractivity contribution in [2.24, 2.45) is 0 Å². The van der Waals surface area contributed by atoms with E-state index in [9.17, 15) is 0 Å². The highest BCUT2D eigenvalue weighted by atomic mass is 16.5. The van der Waals surface area contributed by atoms with E-state index in [1.807, 2.05) is 0 Å².